The fourth-order valence-electron chi connectivity index (χ4n) is 1.73. The molecule has 3 nitrogen and oxygen atoms in total. The molecule has 0 spiro atoms. The lowest BCUT2D eigenvalue weighted by molar-refractivity contribution is 0.475. The number of nitriles is 1. The lowest BCUT2D eigenvalue weighted by Gasteiger charge is -2.20. The number of nitrogens with zero attached hydrogens (tertiary/aromatic N) is 2. The van der Waals surface area contributed by atoms with E-state index in [0.717, 1.165) is 5.69 Å². The highest BCUT2D eigenvalue weighted by molar-refractivity contribution is 5.69. The van der Waals surface area contributed by atoms with Gasteiger partial charge in [-0.25, -0.2) is 4.39 Å². The largest absolute Gasteiger partial charge is 0.508 e. The van der Waals surface area contributed by atoms with Crippen LogP contribution in [-0.4, -0.2) is 12.2 Å². The van der Waals surface area contributed by atoms with Gasteiger partial charge in [-0.2, -0.15) is 5.26 Å². The summed E-state index contributed by atoms with van der Waals surface area (Å²) in [6, 6.07) is 12.6. The zero-order valence-corrected chi connectivity index (χ0v) is 9.76. The van der Waals surface area contributed by atoms with Crippen molar-refractivity contribution in [3.05, 3.63) is 53.8 Å². The second kappa shape index (κ2) is 4.76. The molecule has 0 atom stereocenters. The molecule has 0 saturated heterocycles. The topological polar surface area (TPSA) is 47.3 Å². The van der Waals surface area contributed by atoms with Gasteiger partial charge in [0, 0.05) is 18.8 Å². The van der Waals surface area contributed by atoms with Crippen molar-refractivity contribution in [1.82, 2.24) is 0 Å². The highest BCUT2D eigenvalue weighted by atomic mass is 19.1. The molecule has 90 valence electrons. The Morgan fingerprint density at radius 3 is 2.67 bits per heavy atom. The Labute approximate surface area is 104 Å². The van der Waals surface area contributed by atoms with Crippen LogP contribution in [0.4, 0.5) is 15.8 Å². The quantitative estimate of drug-likeness (QED) is 0.879. The summed E-state index contributed by atoms with van der Waals surface area (Å²) in [6.45, 7) is 0. The summed E-state index contributed by atoms with van der Waals surface area (Å²) in [5.74, 6) is -0.306. The van der Waals surface area contributed by atoms with E-state index in [-0.39, 0.29) is 11.3 Å². The number of hydrogen-bond acceptors (Lipinski definition) is 3. The molecule has 0 amide bonds. The predicted octanol–water partition coefficient (Wildman–Crippen LogP) is 3.17. The van der Waals surface area contributed by atoms with E-state index in [4.69, 9.17) is 5.26 Å². The highest BCUT2D eigenvalue weighted by Gasteiger charge is 2.10. The molecule has 1 N–H and O–H groups in total. The van der Waals surface area contributed by atoms with E-state index in [0.29, 0.717) is 5.69 Å². The van der Waals surface area contributed by atoms with E-state index in [2.05, 4.69) is 0 Å². The molecule has 18 heavy (non-hydrogen) atoms. The second-order valence-electron chi connectivity index (χ2n) is 3.85. The van der Waals surface area contributed by atoms with Crippen molar-refractivity contribution < 1.29 is 9.50 Å². The summed E-state index contributed by atoms with van der Waals surface area (Å²) >= 11 is 0. The van der Waals surface area contributed by atoms with Gasteiger partial charge >= 0.3 is 0 Å². The van der Waals surface area contributed by atoms with Crippen molar-refractivity contribution in [2.24, 2.45) is 0 Å². The van der Waals surface area contributed by atoms with Crippen LogP contribution >= 0.6 is 0 Å². The van der Waals surface area contributed by atoms with Crippen LogP contribution in [0.3, 0.4) is 0 Å². The van der Waals surface area contributed by atoms with Gasteiger partial charge in [-0.3, -0.25) is 0 Å². The number of hydrogen-bond donors (Lipinski definition) is 1. The van der Waals surface area contributed by atoms with Crippen LogP contribution in [0.2, 0.25) is 0 Å². The molecule has 0 aliphatic carbocycles. The van der Waals surface area contributed by atoms with Crippen molar-refractivity contribution in [1.29, 1.82) is 5.26 Å². The molecule has 0 radical (unpaired) electrons. The van der Waals surface area contributed by atoms with Crippen molar-refractivity contribution in [3.63, 3.8) is 0 Å². The molecule has 0 heterocycles. The van der Waals surface area contributed by atoms with Gasteiger partial charge in [0.05, 0.1) is 11.3 Å². The molecule has 0 aliphatic rings. The number of rotatable bonds is 2. The third-order valence-electron chi connectivity index (χ3n) is 2.66. The van der Waals surface area contributed by atoms with Crippen LogP contribution in [0, 0.1) is 17.1 Å². The molecule has 2 rings (SSSR count). The molecular formula is C14H11FN2O. The zero-order chi connectivity index (χ0) is 13.1. The molecule has 0 unspecified atom stereocenters. The first-order chi connectivity index (χ1) is 8.61. The number of phenols is 1. The second-order valence-corrected chi connectivity index (χ2v) is 3.85. The Hall–Kier alpha value is -2.54. The molecule has 4 heteroatoms. The lowest BCUT2D eigenvalue weighted by Crippen LogP contribution is -2.11. The number of aromatic hydroxyl groups is 1. The van der Waals surface area contributed by atoms with Crippen LogP contribution in [0.25, 0.3) is 0 Å². The fourth-order valence-corrected chi connectivity index (χ4v) is 1.73. The van der Waals surface area contributed by atoms with Crippen LogP contribution in [0.1, 0.15) is 5.56 Å². The standard InChI is InChI=1S/C14H11FN2O/c1-17(12-3-2-4-13(18)8-12)14-6-5-11(15)7-10(14)9-16/h2-8,18H,1H3. The minimum Gasteiger partial charge on any atom is -0.508 e. The van der Waals surface area contributed by atoms with Gasteiger partial charge in [-0.15, -0.1) is 0 Å². The van der Waals surface area contributed by atoms with Gasteiger partial charge in [-0.05, 0) is 30.3 Å². The first-order valence-corrected chi connectivity index (χ1v) is 5.34. The van der Waals surface area contributed by atoms with Gasteiger partial charge in [0.1, 0.15) is 17.6 Å². The van der Waals surface area contributed by atoms with Crippen LogP contribution < -0.4 is 4.90 Å². The summed E-state index contributed by atoms with van der Waals surface area (Å²) in [6.07, 6.45) is 0. The molecule has 0 bridgehead atoms. The highest BCUT2D eigenvalue weighted by Crippen LogP contribution is 2.29. The summed E-state index contributed by atoms with van der Waals surface area (Å²) < 4.78 is 13.1. The Balaban J connectivity index is 2.46. The van der Waals surface area contributed by atoms with Crippen LogP contribution in [0.5, 0.6) is 5.75 Å². The van der Waals surface area contributed by atoms with Gasteiger partial charge in [0.2, 0.25) is 0 Å². The fraction of sp³-hybridized carbons (Fsp3) is 0.0714. The normalized spacial score (nSPS) is 9.83. The third kappa shape index (κ3) is 2.25. The van der Waals surface area contributed by atoms with Crippen molar-refractivity contribution in [2.75, 3.05) is 11.9 Å². The van der Waals surface area contributed by atoms with Crippen LogP contribution in [0.15, 0.2) is 42.5 Å². The number of anilines is 2. The number of phenolic OH excluding ortho intramolecular Hbond substituents is 1. The van der Waals surface area contributed by atoms with Gasteiger partial charge < -0.3 is 10.0 Å². The molecule has 0 fully saturated rings. The summed E-state index contributed by atoms with van der Waals surface area (Å²) in [5, 5.41) is 18.4. The first kappa shape index (κ1) is 11.9. The Morgan fingerprint density at radius 1 is 1.22 bits per heavy atom. The maximum absolute atomic E-state index is 13.1. The molecule has 0 aliphatic heterocycles. The molecule has 0 saturated carbocycles. The number of benzene rings is 2. The van der Waals surface area contributed by atoms with E-state index >= 15 is 0 Å². The maximum Gasteiger partial charge on any atom is 0.124 e. The average Bonchev–Trinajstić information content (AvgIpc) is 2.37. The summed E-state index contributed by atoms with van der Waals surface area (Å²) in [5.41, 5.74) is 1.56. The average molecular weight is 242 g/mol. The number of halogens is 1. The molecule has 0 aromatic heterocycles. The Bertz CT molecular complexity index is 619. The lowest BCUT2D eigenvalue weighted by atomic mass is 10.1. The van der Waals surface area contributed by atoms with Crippen molar-refractivity contribution in [3.8, 4) is 11.8 Å². The van der Waals surface area contributed by atoms with Crippen molar-refractivity contribution in [2.45, 2.75) is 0 Å². The minimum absolute atomic E-state index is 0.139. The molecular weight excluding hydrogens is 231 g/mol. The Kier molecular flexibility index (Phi) is 3.16. The zero-order valence-electron chi connectivity index (χ0n) is 9.76. The third-order valence-corrected chi connectivity index (χ3v) is 2.66. The van der Waals surface area contributed by atoms with Gasteiger partial charge in [-0.1, -0.05) is 6.07 Å². The monoisotopic (exact) mass is 242 g/mol. The SMILES string of the molecule is CN(c1cccc(O)c1)c1ccc(F)cc1C#N. The van der Waals surface area contributed by atoms with E-state index < -0.39 is 5.82 Å². The molecule has 2 aromatic carbocycles. The minimum atomic E-state index is -0.445. The summed E-state index contributed by atoms with van der Waals surface area (Å²) in [7, 11) is 1.75. The summed E-state index contributed by atoms with van der Waals surface area (Å²) in [4.78, 5) is 1.72. The van der Waals surface area contributed by atoms with Gasteiger partial charge in [0.15, 0.2) is 0 Å². The molecule has 2 aromatic rings. The van der Waals surface area contributed by atoms with E-state index in [9.17, 15) is 9.50 Å². The van der Waals surface area contributed by atoms with E-state index in [1.165, 1.54) is 18.2 Å². The van der Waals surface area contributed by atoms with Gasteiger partial charge in [0.25, 0.3) is 0 Å². The Morgan fingerprint density at radius 2 is 2.00 bits per heavy atom. The predicted molar refractivity (Wildman–Crippen MR) is 67.3 cm³/mol. The van der Waals surface area contributed by atoms with E-state index in [1.54, 1.807) is 36.2 Å². The van der Waals surface area contributed by atoms with Crippen molar-refractivity contribution >= 4 is 11.4 Å². The maximum atomic E-state index is 13.1. The van der Waals surface area contributed by atoms with E-state index in [1.807, 2.05) is 6.07 Å². The van der Waals surface area contributed by atoms with Crippen LogP contribution in [-0.2, 0) is 0 Å². The first-order valence-electron chi connectivity index (χ1n) is 5.34. The smallest absolute Gasteiger partial charge is 0.124 e.